The summed E-state index contributed by atoms with van der Waals surface area (Å²) in [5.74, 6) is 3.22. The summed E-state index contributed by atoms with van der Waals surface area (Å²) >= 11 is 0. The standard InChI is InChI=1S/C27H31F3N6/c1-17-11-22(14-31-33-17)35-15-19-8-9-20(16-35)24(19)13-25-32-26-23(7-2-3-10-36(26)34-25)18-5-4-6-21(12-18)27(28,29)30/h4-6,11-12,14,19-20,23-24H,2-3,7-10,13,15-16H2,1H3/t19-,20+,23-,24?/m1/s1. The van der Waals surface area contributed by atoms with Crippen LogP contribution in [0.5, 0.6) is 0 Å². The minimum Gasteiger partial charge on any atom is -0.370 e. The third kappa shape index (κ3) is 4.48. The van der Waals surface area contributed by atoms with Crippen molar-refractivity contribution in [3.8, 4) is 0 Å². The number of nitrogens with zero attached hydrogens (tertiary/aromatic N) is 6. The minimum atomic E-state index is -4.35. The monoisotopic (exact) mass is 496 g/mol. The highest BCUT2D eigenvalue weighted by molar-refractivity contribution is 5.45. The molecule has 6 nitrogen and oxygen atoms in total. The van der Waals surface area contributed by atoms with Crippen LogP contribution in [0.4, 0.5) is 18.9 Å². The molecule has 1 unspecified atom stereocenters. The molecule has 4 heterocycles. The first-order valence-corrected chi connectivity index (χ1v) is 13.0. The summed E-state index contributed by atoms with van der Waals surface area (Å²) in [6.45, 7) is 4.76. The van der Waals surface area contributed by atoms with Crippen LogP contribution >= 0.6 is 0 Å². The maximum Gasteiger partial charge on any atom is 0.416 e. The Labute approximate surface area is 208 Å². The first kappa shape index (κ1) is 23.4. The molecule has 4 atom stereocenters. The van der Waals surface area contributed by atoms with Crippen molar-refractivity contribution in [3.05, 3.63) is 65.0 Å². The average molecular weight is 497 g/mol. The van der Waals surface area contributed by atoms with E-state index in [1.165, 1.54) is 25.0 Å². The van der Waals surface area contributed by atoms with Gasteiger partial charge in [-0.25, -0.2) is 9.67 Å². The number of piperidine rings is 1. The van der Waals surface area contributed by atoms with Crippen molar-refractivity contribution in [2.75, 3.05) is 18.0 Å². The molecule has 36 heavy (non-hydrogen) atoms. The molecule has 2 bridgehead atoms. The van der Waals surface area contributed by atoms with Crippen molar-refractivity contribution in [2.45, 2.75) is 64.1 Å². The molecule has 0 N–H and O–H groups in total. The average Bonchev–Trinajstić information content (AvgIpc) is 3.25. The van der Waals surface area contributed by atoms with Gasteiger partial charge in [0.25, 0.3) is 0 Å². The molecule has 1 aromatic carbocycles. The smallest absolute Gasteiger partial charge is 0.370 e. The lowest BCUT2D eigenvalue weighted by molar-refractivity contribution is -0.137. The molecule has 1 saturated heterocycles. The van der Waals surface area contributed by atoms with Gasteiger partial charge in [-0.1, -0.05) is 24.6 Å². The van der Waals surface area contributed by atoms with Crippen LogP contribution in [-0.4, -0.2) is 38.1 Å². The number of anilines is 1. The Bertz CT molecular complexity index is 1220. The fraction of sp³-hybridized carbons (Fsp3) is 0.556. The summed E-state index contributed by atoms with van der Waals surface area (Å²) in [4.78, 5) is 7.42. The first-order chi connectivity index (χ1) is 17.3. The Kier molecular flexibility index (Phi) is 5.96. The molecule has 0 amide bonds. The molecule has 2 aromatic heterocycles. The summed E-state index contributed by atoms with van der Waals surface area (Å²) < 4.78 is 42.1. The van der Waals surface area contributed by atoms with Crippen LogP contribution in [0.3, 0.4) is 0 Å². The number of aryl methyl sites for hydroxylation is 2. The van der Waals surface area contributed by atoms with E-state index >= 15 is 0 Å². The van der Waals surface area contributed by atoms with Gasteiger partial charge in [0.15, 0.2) is 5.82 Å². The minimum absolute atomic E-state index is 0.156. The summed E-state index contributed by atoms with van der Waals surface area (Å²) in [5.41, 5.74) is 2.16. The second-order valence-electron chi connectivity index (χ2n) is 10.7. The largest absolute Gasteiger partial charge is 0.416 e. The highest BCUT2D eigenvalue weighted by Gasteiger charge is 2.43. The van der Waals surface area contributed by atoms with Crippen molar-refractivity contribution in [3.63, 3.8) is 0 Å². The number of alkyl halides is 3. The van der Waals surface area contributed by atoms with Crippen molar-refractivity contribution in [1.29, 1.82) is 0 Å². The number of hydrogen-bond acceptors (Lipinski definition) is 5. The molecule has 3 aliphatic rings. The molecule has 2 aliphatic heterocycles. The lowest BCUT2D eigenvalue weighted by atomic mass is 9.82. The lowest BCUT2D eigenvalue weighted by Gasteiger charge is -2.39. The molecule has 9 heteroatoms. The van der Waals surface area contributed by atoms with Crippen LogP contribution in [0.15, 0.2) is 36.5 Å². The van der Waals surface area contributed by atoms with Gasteiger partial charge in [-0.2, -0.15) is 28.5 Å². The summed E-state index contributed by atoms with van der Waals surface area (Å²) in [7, 11) is 0. The number of rotatable bonds is 4. The van der Waals surface area contributed by atoms with Crippen LogP contribution in [-0.2, 0) is 19.1 Å². The maximum atomic E-state index is 13.4. The SMILES string of the molecule is Cc1cc(N2C[C@H]3CC[C@@H](C2)C3Cc2nc3n(n2)CCCC[C@@H]3c2cccc(C(F)(F)F)c2)cnn1. The molecule has 3 aromatic rings. The molecule has 0 radical (unpaired) electrons. The van der Waals surface area contributed by atoms with E-state index < -0.39 is 11.7 Å². The van der Waals surface area contributed by atoms with E-state index in [0.717, 1.165) is 74.4 Å². The zero-order valence-corrected chi connectivity index (χ0v) is 20.5. The quantitative estimate of drug-likeness (QED) is 0.483. The summed E-state index contributed by atoms with van der Waals surface area (Å²) in [6, 6.07) is 7.85. The molecule has 2 fully saturated rings. The Morgan fingerprint density at radius 1 is 1.03 bits per heavy atom. The van der Waals surface area contributed by atoms with Gasteiger partial charge in [-0.05, 0) is 68.1 Å². The van der Waals surface area contributed by atoms with Crippen LogP contribution in [0.2, 0.25) is 0 Å². The van der Waals surface area contributed by atoms with Gasteiger partial charge < -0.3 is 4.90 Å². The Morgan fingerprint density at radius 2 is 1.83 bits per heavy atom. The van der Waals surface area contributed by atoms with Gasteiger partial charge in [0.1, 0.15) is 5.82 Å². The van der Waals surface area contributed by atoms with Gasteiger partial charge in [0, 0.05) is 32.0 Å². The van der Waals surface area contributed by atoms with E-state index in [2.05, 4.69) is 21.2 Å². The van der Waals surface area contributed by atoms with Crippen LogP contribution in [0.1, 0.15) is 66.5 Å². The zero-order valence-electron chi connectivity index (χ0n) is 20.5. The second-order valence-corrected chi connectivity index (χ2v) is 10.7. The van der Waals surface area contributed by atoms with E-state index in [9.17, 15) is 13.2 Å². The van der Waals surface area contributed by atoms with E-state index in [-0.39, 0.29) is 5.92 Å². The van der Waals surface area contributed by atoms with E-state index in [4.69, 9.17) is 10.1 Å². The van der Waals surface area contributed by atoms with Gasteiger partial charge in [-0.3, -0.25) is 0 Å². The normalized spacial score (nSPS) is 26.1. The second kappa shape index (κ2) is 9.16. The summed E-state index contributed by atoms with van der Waals surface area (Å²) in [5, 5.41) is 13.1. The first-order valence-electron chi connectivity index (χ1n) is 13.0. The maximum absolute atomic E-state index is 13.4. The molecular weight excluding hydrogens is 465 g/mol. The molecule has 1 saturated carbocycles. The molecule has 6 rings (SSSR count). The zero-order chi connectivity index (χ0) is 24.9. The Morgan fingerprint density at radius 3 is 2.58 bits per heavy atom. The molecule has 1 aliphatic carbocycles. The number of halogens is 3. The third-order valence-electron chi connectivity index (χ3n) is 8.36. The number of hydrogen-bond donors (Lipinski definition) is 0. The van der Waals surface area contributed by atoms with Crippen LogP contribution in [0.25, 0.3) is 0 Å². The fourth-order valence-corrected chi connectivity index (χ4v) is 6.62. The van der Waals surface area contributed by atoms with Crippen LogP contribution in [0, 0.1) is 24.7 Å². The predicted octanol–water partition coefficient (Wildman–Crippen LogP) is 5.42. The van der Waals surface area contributed by atoms with E-state index in [1.807, 2.05) is 17.8 Å². The van der Waals surface area contributed by atoms with Crippen molar-refractivity contribution < 1.29 is 13.2 Å². The highest BCUT2D eigenvalue weighted by Crippen LogP contribution is 2.45. The van der Waals surface area contributed by atoms with Gasteiger partial charge >= 0.3 is 6.18 Å². The van der Waals surface area contributed by atoms with Gasteiger partial charge in [-0.15, -0.1) is 0 Å². The highest BCUT2D eigenvalue weighted by atomic mass is 19.4. The number of aromatic nitrogens is 5. The van der Waals surface area contributed by atoms with Crippen LogP contribution < -0.4 is 4.90 Å². The third-order valence-corrected chi connectivity index (χ3v) is 8.36. The fourth-order valence-electron chi connectivity index (χ4n) is 6.62. The molecule has 190 valence electrons. The predicted molar refractivity (Wildman–Crippen MR) is 130 cm³/mol. The Balaban J connectivity index is 1.22. The Hall–Kier alpha value is -2.97. The molecular formula is C27H31F3N6. The molecule has 0 spiro atoms. The van der Waals surface area contributed by atoms with Crippen molar-refractivity contribution >= 4 is 5.69 Å². The lowest BCUT2D eigenvalue weighted by Crippen LogP contribution is -2.43. The van der Waals surface area contributed by atoms with E-state index in [1.54, 1.807) is 6.07 Å². The summed E-state index contributed by atoms with van der Waals surface area (Å²) in [6.07, 6.45) is 3.48. The van der Waals surface area contributed by atoms with Crippen molar-refractivity contribution in [2.24, 2.45) is 17.8 Å². The van der Waals surface area contributed by atoms with Gasteiger partial charge in [0.2, 0.25) is 0 Å². The van der Waals surface area contributed by atoms with E-state index in [0.29, 0.717) is 23.3 Å². The van der Waals surface area contributed by atoms with Gasteiger partial charge in [0.05, 0.1) is 23.1 Å². The number of fused-ring (bicyclic) bond motifs is 3. The van der Waals surface area contributed by atoms with Crippen molar-refractivity contribution in [1.82, 2.24) is 25.0 Å². The number of benzene rings is 1. The topological polar surface area (TPSA) is 59.7 Å².